The molecule has 0 aromatic carbocycles. The number of rotatable bonds is 9. The van der Waals surface area contributed by atoms with Crippen LogP contribution in [0.3, 0.4) is 0 Å². The zero-order valence-corrected chi connectivity index (χ0v) is 13.5. The first kappa shape index (κ1) is 17.0. The first-order chi connectivity index (χ1) is 9.68. The smallest absolute Gasteiger partial charge is 0.129 e. The molecule has 0 aliphatic heterocycles. The van der Waals surface area contributed by atoms with Crippen LogP contribution in [0.2, 0.25) is 0 Å². The highest BCUT2D eigenvalue weighted by molar-refractivity contribution is 5.42. The third-order valence-electron chi connectivity index (χ3n) is 3.95. The summed E-state index contributed by atoms with van der Waals surface area (Å²) in [6.45, 7) is 10.9. The van der Waals surface area contributed by atoms with Crippen LogP contribution in [-0.4, -0.2) is 23.2 Å². The molecule has 0 radical (unpaired) electrons. The lowest BCUT2D eigenvalue weighted by atomic mass is 10.0. The topological polar surface area (TPSA) is 36.4 Å². The van der Waals surface area contributed by atoms with E-state index in [1.807, 2.05) is 12.1 Å². The summed E-state index contributed by atoms with van der Waals surface area (Å²) in [5.41, 5.74) is 2.07. The molecule has 3 heteroatoms. The van der Waals surface area contributed by atoms with Gasteiger partial charge in [0.25, 0.3) is 0 Å². The molecule has 1 heterocycles. The number of anilines is 1. The van der Waals surface area contributed by atoms with Gasteiger partial charge in [-0.05, 0) is 37.0 Å². The Hall–Kier alpha value is -1.09. The lowest BCUT2D eigenvalue weighted by Gasteiger charge is -2.27. The van der Waals surface area contributed by atoms with Crippen LogP contribution in [0.15, 0.2) is 12.1 Å². The van der Waals surface area contributed by atoms with Gasteiger partial charge in [-0.3, -0.25) is 0 Å². The van der Waals surface area contributed by atoms with Gasteiger partial charge in [-0.25, -0.2) is 4.98 Å². The van der Waals surface area contributed by atoms with Gasteiger partial charge in [-0.15, -0.1) is 0 Å². The quantitative estimate of drug-likeness (QED) is 0.746. The number of hydrogen-bond donors (Lipinski definition) is 1. The van der Waals surface area contributed by atoms with Crippen LogP contribution in [0.5, 0.6) is 0 Å². The third kappa shape index (κ3) is 4.78. The Morgan fingerprint density at radius 2 is 1.85 bits per heavy atom. The van der Waals surface area contributed by atoms with Crippen molar-refractivity contribution in [2.24, 2.45) is 5.92 Å². The van der Waals surface area contributed by atoms with Crippen molar-refractivity contribution in [3.63, 3.8) is 0 Å². The number of pyridine rings is 1. The molecule has 0 aliphatic rings. The highest BCUT2D eigenvalue weighted by Gasteiger charge is 2.13. The standard InChI is InChI=1S/C17H30N2O/c1-5-9-16-10-15(13-20)11-17(18-16)19(8-4)12-14(6-2)7-3/h10-11,14,20H,5-9,12-13H2,1-4H3. The van der Waals surface area contributed by atoms with Crippen molar-refractivity contribution in [3.05, 3.63) is 23.4 Å². The maximum atomic E-state index is 9.44. The summed E-state index contributed by atoms with van der Waals surface area (Å²) < 4.78 is 0. The Labute approximate surface area is 124 Å². The van der Waals surface area contributed by atoms with Crippen LogP contribution in [0.1, 0.15) is 58.2 Å². The number of aliphatic hydroxyl groups is 1. The molecule has 0 atom stereocenters. The van der Waals surface area contributed by atoms with Gasteiger partial charge >= 0.3 is 0 Å². The van der Waals surface area contributed by atoms with Gasteiger partial charge in [0.2, 0.25) is 0 Å². The van der Waals surface area contributed by atoms with Gasteiger partial charge < -0.3 is 10.0 Å². The molecule has 0 unspecified atom stereocenters. The molecule has 0 saturated carbocycles. The van der Waals surface area contributed by atoms with Crippen molar-refractivity contribution in [1.82, 2.24) is 4.98 Å². The number of aliphatic hydroxyl groups excluding tert-OH is 1. The summed E-state index contributed by atoms with van der Waals surface area (Å²) in [5.74, 6) is 1.73. The highest BCUT2D eigenvalue weighted by atomic mass is 16.3. The molecule has 1 N–H and O–H groups in total. The fourth-order valence-electron chi connectivity index (χ4n) is 2.51. The molecule has 1 aromatic heterocycles. The molecule has 0 bridgehead atoms. The predicted molar refractivity (Wildman–Crippen MR) is 86.1 cm³/mol. The fourth-order valence-corrected chi connectivity index (χ4v) is 2.51. The molecular weight excluding hydrogens is 248 g/mol. The van der Waals surface area contributed by atoms with E-state index in [0.29, 0.717) is 5.92 Å². The van der Waals surface area contributed by atoms with E-state index in [1.54, 1.807) is 0 Å². The molecule has 3 nitrogen and oxygen atoms in total. The Kier molecular flexibility index (Phi) is 7.60. The van der Waals surface area contributed by atoms with Gasteiger partial charge in [0, 0.05) is 18.8 Å². The van der Waals surface area contributed by atoms with Gasteiger partial charge in [-0.1, -0.05) is 40.0 Å². The van der Waals surface area contributed by atoms with Crippen LogP contribution < -0.4 is 4.90 Å². The Morgan fingerprint density at radius 1 is 1.15 bits per heavy atom. The minimum atomic E-state index is 0.0920. The van der Waals surface area contributed by atoms with E-state index in [2.05, 4.69) is 32.6 Å². The largest absolute Gasteiger partial charge is 0.392 e. The summed E-state index contributed by atoms with van der Waals surface area (Å²) in [7, 11) is 0. The highest BCUT2D eigenvalue weighted by Crippen LogP contribution is 2.19. The molecule has 1 rings (SSSR count). The van der Waals surface area contributed by atoms with Gasteiger partial charge in [0.15, 0.2) is 0 Å². The van der Waals surface area contributed by atoms with Crippen molar-refractivity contribution in [2.75, 3.05) is 18.0 Å². The fraction of sp³-hybridized carbons (Fsp3) is 0.706. The monoisotopic (exact) mass is 278 g/mol. The summed E-state index contributed by atoms with van der Waals surface area (Å²) in [6, 6.07) is 4.06. The molecule has 0 spiro atoms. The van der Waals surface area contributed by atoms with E-state index in [9.17, 15) is 5.11 Å². The molecule has 0 saturated heterocycles. The Bertz CT molecular complexity index is 389. The third-order valence-corrected chi connectivity index (χ3v) is 3.95. The Morgan fingerprint density at radius 3 is 2.35 bits per heavy atom. The second kappa shape index (κ2) is 8.96. The van der Waals surface area contributed by atoms with Crippen LogP contribution in [0, 0.1) is 5.92 Å². The molecular formula is C17H30N2O. The van der Waals surface area contributed by atoms with Crippen LogP contribution >= 0.6 is 0 Å². The van der Waals surface area contributed by atoms with E-state index in [0.717, 1.165) is 43.0 Å². The minimum Gasteiger partial charge on any atom is -0.392 e. The maximum Gasteiger partial charge on any atom is 0.129 e. The molecule has 0 fully saturated rings. The molecule has 0 amide bonds. The van der Waals surface area contributed by atoms with Gasteiger partial charge in [0.1, 0.15) is 5.82 Å². The summed E-state index contributed by atoms with van der Waals surface area (Å²) in [4.78, 5) is 7.12. The van der Waals surface area contributed by atoms with E-state index < -0.39 is 0 Å². The minimum absolute atomic E-state index is 0.0920. The average molecular weight is 278 g/mol. The molecule has 20 heavy (non-hydrogen) atoms. The number of nitrogens with zero attached hydrogens (tertiary/aromatic N) is 2. The molecule has 0 aliphatic carbocycles. The van der Waals surface area contributed by atoms with Crippen LogP contribution in [0.4, 0.5) is 5.82 Å². The van der Waals surface area contributed by atoms with E-state index in [1.165, 1.54) is 12.8 Å². The summed E-state index contributed by atoms with van der Waals surface area (Å²) >= 11 is 0. The SMILES string of the molecule is CCCc1cc(CO)cc(N(CC)CC(CC)CC)n1. The van der Waals surface area contributed by atoms with Crippen LogP contribution in [-0.2, 0) is 13.0 Å². The van der Waals surface area contributed by atoms with Crippen LogP contribution in [0.25, 0.3) is 0 Å². The van der Waals surface area contributed by atoms with E-state index in [-0.39, 0.29) is 6.61 Å². The predicted octanol–water partition coefficient (Wildman–Crippen LogP) is 3.79. The van der Waals surface area contributed by atoms with Crippen molar-refractivity contribution >= 4 is 5.82 Å². The zero-order valence-electron chi connectivity index (χ0n) is 13.5. The number of hydrogen-bond acceptors (Lipinski definition) is 3. The lowest BCUT2D eigenvalue weighted by molar-refractivity contribution is 0.281. The second-order valence-corrected chi connectivity index (χ2v) is 5.45. The van der Waals surface area contributed by atoms with E-state index in [4.69, 9.17) is 4.98 Å². The number of aryl methyl sites for hydroxylation is 1. The van der Waals surface area contributed by atoms with Crippen molar-refractivity contribution in [3.8, 4) is 0 Å². The Balaban J connectivity index is 2.97. The maximum absolute atomic E-state index is 9.44. The second-order valence-electron chi connectivity index (χ2n) is 5.45. The van der Waals surface area contributed by atoms with Crippen molar-refractivity contribution in [2.45, 2.75) is 60.0 Å². The van der Waals surface area contributed by atoms with E-state index >= 15 is 0 Å². The summed E-state index contributed by atoms with van der Waals surface area (Å²) in [5, 5.41) is 9.44. The van der Waals surface area contributed by atoms with Gasteiger partial charge in [-0.2, -0.15) is 0 Å². The summed E-state index contributed by atoms with van der Waals surface area (Å²) in [6.07, 6.45) is 4.46. The normalized spacial score (nSPS) is 11.1. The molecule has 1 aromatic rings. The zero-order chi connectivity index (χ0) is 15.0. The lowest BCUT2D eigenvalue weighted by Crippen LogP contribution is -2.30. The number of aromatic nitrogens is 1. The first-order valence-electron chi connectivity index (χ1n) is 8.03. The molecule has 114 valence electrons. The first-order valence-corrected chi connectivity index (χ1v) is 8.03. The average Bonchev–Trinajstić information content (AvgIpc) is 2.48. The van der Waals surface area contributed by atoms with Crippen molar-refractivity contribution < 1.29 is 5.11 Å². The van der Waals surface area contributed by atoms with Gasteiger partial charge in [0.05, 0.1) is 6.61 Å². The van der Waals surface area contributed by atoms with Crippen molar-refractivity contribution in [1.29, 1.82) is 0 Å².